The van der Waals surface area contributed by atoms with Gasteiger partial charge in [-0.3, -0.25) is 4.90 Å². The van der Waals surface area contributed by atoms with Gasteiger partial charge in [-0.05, 0) is 43.2 Å². The Morgan fingerprint density at radius 1 is 1.16 bits per heavy atom. The number of allylic oxidation sites excluding steroid dienone is 1. The minimum absolute atomic E-state index is 0.104. The molecule has 5 heteroatoms. The van der Waals surface area contributed by atoms with Crippen molar-refractivity contribution in [2.75, 3.05) is 13.1 Å². The maximum Gasteiger partial charge on any atom is 0.315 e. The Morgan fingerprint density at radius 3 is 2.64 bits per heavy atom. The van der Waals surface area contributed by atoms with Crippen molar-refractivity contribution >= 4 is 6.03 Å². The quantitative estimate of drug-likeness (QED) is 0.720. The van der Waals surface area contributed by atoms with E-state index in [4.69, 9.17) is 0 Å². The normalized spacial score (nSPS) is 21.9. The van der Waals surface area contributed by atoms with Crippen LogP contribution in [0.2, 0.25) is 0 Å². The van der Waals surface area contributed by atoms with Crippen LogP contribution in [-0.2, 0) is 13.1 Å². The van der Waals surface area contributed by atoms with Crippen molar-refractivity contribution in [1.29, 1.82) is 0 Å². The van der Waals surface area contributed by atoms with Gasteiger partial charge in [0.05, 0.1) is 6.10 Å². The fourth-order valence-electron chi connectivity index (χ4n) is 3.53. The number of hydrogen-bond donors (Lipinski definition) is 3. The Labute approximate surface area is 150 Å². The van der Waals surface area contributed by atoms with Crippen molar-refractivity contribution in [2.24, 2.45) is 0 Å². The first kappa shape index (κ1) is 18.0. The molecule has 2 amide bonds. The third-order valence-corrected chi connectivity index (χ3v) is 5.08. The third-order valence-electron chi connectivity index (χ3n) is 5.08. The number of hydrogen-bond acceptors (Lipinski definition) is 3. The summed E-state index contributed by atoms with van der Waals surface area (Å²) in [5.74, 6) is 0. The van der Waals surface area contributed by atoms with Crippen molar-refractivity contribution in [2.45, 2.75) is 57.3 Å². The standard InChI is InChI=1S/C20H29N3O2/c24-19-10-12-23(13-11-19)15-17-7-5-4-6-16(17)14-21-20(25)22-18-8-2-1-3-9-18/h2,4-8,18-19,24H,1,3,9-15H2,(H2,21,22,25). The zero-order valence-corrected chi connectivity index (χ0v) is 14.8. The van der Waals surface area contributed by atoms with E-state index in [1.807, 2.05) is 12.1 Å². The average molecular weight is 343 g/mol. The van der Waals surface area contributed by atoms with E-state index in [2.05, 4.69) is 39.8 Å². The molecule has 1 atom stereocenters. The Bertz CT molecular complexity index is 594. The molecule has 1 aliphatic carbocycles. The summed E-state index contributed by atoms with van der Waals surface area (Å²) in [6.45, 7) is 3.27. The molecule has 5 nitrogen and oxygen atoms in total. The summed E-state index contributed by atoms with van der Waals surface area (Å²) in [6.07, 6.45) is 9.03. The largest absolute Gasteiger partial charge is 0.393 e. The molecular formula is C20H29N3O2. The molecule has 0 aromatic heterocycles. The summed E-state index contributed by atoms with van der Waals surface area (Å²) in [4.78, 5) is 14.5. The van der Waals surface area contributed by atoms with Crippen molar-refractivity contribution < 1.29 is 9.90 Å². The lowest BCUT2D eigenvalue weighted by molar-refractivity contribution is 0.0791. The van der Waals surface area contributed by atoms with Gasteiger partial charge in [-0.25, -0.2) is 4.79 Å². The second-order valence-corrected chi connectivity index (χ2v) is 7.07. The van der Waals surface area contributed by atoms with E-state index in [9.17, 15) is 9.90 Å². The van der Waals surface area contributed by atoms with Crippen LogP contribution in [0, 0.1) is 0 Å². The topological polar surface area (TPSA) is 64.6 Å². The van der Waals surface area contributed by atoms with E-state index in [0.29, 0.717) is 6.54 Å². The predicted octanol–water partition coefficient (Wildman–Crippen LogP) is 2.55. The zero-order valence-electron chi connectivity index (χ0n) is 14.8. The number of urea groups is 1. The van der Waals surface area contributed by atoms with Gasteiger partial charge in [-0.1, -0.05) is 36.4 Å². The lowest BCUT2D eigenvalue weighted by Gasteiger charge is -2.30. The summed E-state index contributed by atoms with van der Waals surface area (Å²) in [7, 11) is 0. The molecule has 0 spiro atoms. The number of carbonyl (C=O) groups is 1. The molecule has 1 unspecified atom stereocenters. The van der Waals surface area contributed by atoms with Crippen LogP contribution >= 0.6 is 0 Å². The molecule has 1 heterocycles. The molecule has 3 rings (SSSR count). The number of rotatable bonds is 5. The molecule has 0 bridgehead atoms. The van der Waals surface area contributed by atoms with Gasteiger partial charge in [-0.15, -0.1) is 0 Å². The smallest absolute Gasteiger partial charge is 0.315 e. The highest BCUT2D eigenvalue weighted by molar-refractivity contribution is 5.74. The second-order valence-electron chi connectivity index (χ2n) is 7.07. The number of amides is 2. The number of aliphatic hydroxyl groups excluding tert-OH is 1. The molecule has 3 N–H and O–H groups in total. The highest BCUT2D eigenvalue weighted by Gasteiger charge is 2.18. The Kier molecular flexibility index (Phi) is 6.48. The van der Waals surface area contributed by atoms with Gasteiger partial charge in [0.2, 0.25) is 0 Å². The fraction of sp³-hybridized carbons (Fsp3) is 0.550. The molecule has 136 valence electrons. The van der Waals surface area contributed by atoms with Crippen LogP contribution in [0.1, 0.15) is 43.2 Å². The first-order valence-corrected chi connectivity index (χ1v) is 9.39. The molecule has 1 saturated heterocycles. The van der Waals surface area contributed by atoms with Crippen molar-refractivity contribution in [3.8, 4) is 0 Å². The number of piperidine rings is 1. The van der Waals surface area contributed by atoms with Gasteiger partial charge in [-0.2, -0.15) is 0 Å². The van der Waals surface area contributed by atoms with E-state index >= 15 is 0 Å². The lowest BCUT2D eigenvalue weighted by Crippen LogP contribution is -2.41. The van der Waals surface area contributed by atoms with Crippen LogP contribution < -0.4 is 10.6 Å². The van der Waals surface area contributed by atoms with Gasteiger partial charge < -0.3 is 15.7 Å². The Morgan fingerprint density at radius 2 is 1.92 bits per heavy atom. The number of carbonyl (C=O) groups excluding carboxylic acids is 1. The summed E-state index contributed by atoms with van der Waals surface area (Å²) in [5.41, 5.74) is 2.40. The SMILES string of the molecule is O=C(NCc1ccccc1CN1CCC(O)CC1)NC1C=CCCC1. The van der Waals surface area contributed by atoms with Crippen LogP contribution in [0.4, 0.5) is 4.79 Å². The van der Waals surface area contributed by atoms with Gasteiger partial charge >= 0.3 is 6.03 Å². The van der Waals surface area contributed by atoms with Gasteiger partial charge in [0.15, 0.2) is 0 Å². The summed E-state index contributed by atoms with van der Waals surface area (Å²) < 4.78 is 0. The van der Waals surface area contributed by atoms with Crippen LogP contribution in [0.25, 0.3) is 0 Å². The first-order valence-electron chi connectivity index (χ1n) is 9.39. The predicted molar refractivity (Wildman–Crippen MR) is 99.1 cm³/mol. The van der Waals surface area contributed by atoms with E-state index < -0.39 is 0 Å². The second kappa shape index (κ2) is 9.02. The number of nitrogens with one attached hydrogen (secondary N) is 2. The summed E-state index contributed by atoms with van der Waals surface area (Å²) >= 11 is 0. The number of nitrogens with zero attached hydrogens (tertiary/aromatic N) is 1. The van der Waals surface area contributed by atoms with Crippen LogP contribution in [-0.4, -0.2) is 41.3 Å². The maximum atomic E-state index is 12.1. The highest BCUT2D eigenvalue weighted by atomic mass is 16.3. The molecular weight excluding hydrogens is 314 g/mol. The van der Waals surface area contributed by atoms with Crippen LogP contribution in [0.3, 0.4) is 0 Å². The van der Waals surface area contributed by atoms with Crippen molar-refractivity contribution in [3.63, 3.8) is 0 Å². The average Bonchev–Trinajstić information content (AvgIpc) is 2.64. The molecule has 0 saturated carbocycles. The third kappa shape index (κ3) is 5.58. The minimum atomic E-state index is -0.148. The fourth-order valence-corrected chi connectivity index (χ4v) is 3.53. The number of aliphatic hydroxyl groups is 1. The van der Waals surface area contributed by atoms with Crippen LogP contribution in [0.15, 0.2) is 36.4 Å². The van der Waals surface area contributed by atoms with E-state index in [0.717, 1.165) is 57.3 Å². The first-order chi connectivity index (χ1) is 12.2. The number of likely N-dealkylation sites (tertiary alicyclic amines) is 1. The monoisotopic (exact) mass is 343 g/mol. The molecule has 25 heavy (non-hydrogen) atoms. The minimum Gasteiger partial charge on any atom is -0.393 e. The lowest BCUT2D eigenvalue weighted by atomic mass is 10.0. The molecule has 1 aromatic rings. The molecule has 0 radical (unpaired) electrons. The Hall–Kier alpha value is -1.85. The van der Waals surface area contributed by atoms with Gasteiger partial charge in [0, 0.05) is 32.2 Å². The molecule has 2 aliphatic rings. The Balaban J connectivity index is 1.51. The van der Waals surface area contributed by atoms with E-state index in [1.54, 1.807) is 0 Å². The molecule has 1 aliphatic heterocycles. The van der Waals surface area contributed by atoms with E-state index in [-0.39, 0.29) is 18.2 Å². The summed E-state index contributed by atoms with van der Waals surface area (Å²) in [5, 5.41) is 15.6. The molecule has 1 fully saturated rings. The van der Waals surface area contributed by atoms with Crippen molar-refractivity contribution in [1.82, 2.24) is 15.5 Å². The van der Waals surface area contributed by atoms with Gasteiger partial charge in [0.25, 0.3) is 0 Å². The molecule has 1 aromatic carbocycles. The van der Waals surface area contributed by atoms with E-state index in [1.165, 1.54) is 5.56 Å². The summed E-state index contributed by atoms with van der Waals surface area (Å²) in [6, 6.07) is 8.32. The van der Waals surface area contributed by atoms with Gasteiger partial charge in [0.1, 0.15) is 0 Å². The number of benzene rings is 1. The van der Waals surface area contributed by atoms with Crippen LogP contribution in [0.5, 0.6) is 0 Å². The highest BCUT2D eigenvalue weighted by Crippen LogP contribution is 2.16. The maximum absolute atomic E-state index is 12.1. The van der Waals surface area contributed by atoms with Crippen molar-refractivity contribution in [3.05, 3.63) is 47.5 Å². The zero-order chi connectivity index (χ0) is 17.5.